The van der Waals surface area contributed by atoms with Crippen LogP contribution in [0.1, 0.15) is 25.7 Å². The Bertz CT molecular complexity index is 1110. The normalized spacial score (nSPS) is 22.4. The summed E-state index contributed by atoms with van der Waals surface area (Å²) < 4.78 is 28.5. The van der Waals surface area contributed by atoms with Gasteiger partial charge in [0, 0.05) is 50.1 Å². The summed E-state index contributed by atoms with van der Waals surface area (Å²) in [7, 11) is 0.150. The number of nitrogens with zero attached hydrogens (tertiary/aromatic N) is 1. The van der Waals surface area contributed by atoms with E-state index in [9.17, 15) is 23.4 Å². The van der Waals surface area contributed by atoms with E-state index >= 15 is 0 Å². The standard InChI is InChI=1S/C24H36N4O6S/c1-28(2)20-10-6-9-17-16(20)8-7-11-21(17)35(33,34)26-13-5-3-4-12-22(30)25-14-18-23(31)24(32)19(15-29)27-18/h6-11,18-19,23-24,26-27,29,31-32H,3-5,12-15H2,1-2H3,(H,25,30)/t18-,19-,23-,24+/m1/s1. The summed E-state index contributed by atoms with van der Waals surface area (Å²) in [5, 5.41) is 36.1. The minimum absolute atomic E-state index is 0.147. The fraction of sp³-hybridized carbons (Fsp3) is 0.542. The van der Waals surface area contributed by atoms with E-state index in [1.165, 1.54) is 0 Å². The summed E-state index contributed by atoms with van der Waals surface area (Å²) in [5.41, 5.74) is 0.945. The third kappa shape index (κ3) is 6.69. The molecule has 0 spiro atoms. The number of amides is 1. The van der Waals surface area contributed by atoms with Gasteiger partial charge in [-0.2, -0.15) is 0 Å². The van der Waals surface area contributed by atoms with Crippen molar-refractivity contribution < 1.29 is 28.5 Å². The van der Waals surface area contributed by atoms with Gasteiger partial charge < -0.3 is 30.9 Å². The maximum absolute atomic E-state index is 12.9. The largest absolute Gasteiger partial charge is 0.395 e. The van der Waals surface area contributed by atoms with Crippen LogP contribution < -0.4 is 20.3 Å². The number of hydrogen-bond acceptors (Lipinski definition) is 8. The van der Waals surface area contributed by atoms with Crippen LogP contribution in [0.3, 0.4) is 0 Å². The molecule has 0 saturated carbocycles. The molecule has 35 heavy (non-hydrogen) atoms. The Labute approximate surface area is 206 Å². The van der Waals surface area contributed by atoms with E-state index in [2.05, 4.69) is 15.4 Å². The van der Waals surface area contributed by atoms with E-state index in [1.54, 1.807) is 18.2 Å². The zero-order chi connectivity index (χ0) is 25.6. The van der Waals surface area contributed by atoms with Crippen molar-refractivity contribution in [3.8, 4) is 0 Å². The lowest BCUT2D eigenvalue weighted by Crippen LogP contribution is -2.44. The van der Waals surface area contributed by atoms with Crippen molar-refractivity contribution in [1.29, 1.82) is 0 Å². The van der Waals surface area contributed by atoms with Gasteiger partial charge in [0.25, 0.3) is 0 Å². The van der Waals surface area contributed by atoms with Crippen molar-refractivity contribution in [3.05, 3.63) is 36.4 Å². The zero-order valence-corrected chi connectivity index (χ0v) is 21.0. The Balaban J connectivity index is 1.41. The number of rotatable bonds is 12. The van der Waals surface area contributed by atoms with Crippen molar-refractivity contribution >= 4 is 32.4 Å². The monoisotopic (exact) mass is 508 g/mol. The first kappa shape index (κ1) is 27.3. The van der Waals surface area contributed by atoms with E-state index in [-0.39, 0.29) is 36.9 Å². The van der Waals surface area contributed by atoms with Crippen LogP contribution in [-0.2, 0) is 14.8 Å². The van der Waals surface area contributed by atoms with Crippen LogP contribution >= 0.6 is 0 Å². The molecule has 2 aromatic rings. The highest BCUT2D eigenvalue weighted by molar-refractivity contribution is 7.89. The van der Waals surface area contributed by atoms with Gasteiger partial charge in [0.15, 0.2) is 0 Å². The Morgan fingerprint density at radius 1 is 1.00 bits per heavy atom. The number of anilines is 1. The van der Waals surface area contributed by atoms with Gasteiger partial charge in [-0.25, -0.2) is 13.1 Å². The second-order valence-corrected chi connectivity index (χ2v) is 10.8. The number of aliphatic hydroxyl groups is 3. The van der Waals surface area contributed by atoms with Crippen LogP contribution in [0.2, 0.25) is 0 Å². The third-order valence-electron chi connectivity index (χ3n) is 6.32. The molecule has 0 bridgehead atoms. The predicted molar refractivity (Wildman–Crippen MR) is 135 cm³/mol. The highest BCUT2D eigenvalue weighted by Crippen LogP contribution is 2.30. The summed E-state index contributed by atoms with van der Waals surface area (Å²) in [4.78, 5) is 14.3. The van der Waals surface area contributed by atoms with Crippen molar-refractivity contribution in [2.45, 2.75) is 54.9 Å². The first-order valence-electron chi connectivity index (χ1n) is 11.8. The molecular weight excluding hydrogens is 472 g/mol. The molecule has 11 heteroatoms. The molecule has 1 fully saturated rings. The van der Waals surface area contributed by atoms with Gasteiger partial charge in [-0.15, -0.1) is 0 Å². The molecule has 0 unspecified atom stereocenters. The van der Waals surface area contributed by atoms with Gasteiger partial charge in [-0.3, -0.25) is 4.79 Å². The maximum Gasteiger partial charge on any atom is 0.241 e. The fourth-order valence-corrected chi connectivity index (χ4v) is 5.66. The molecule has 10 nitrogen and oxygen atoms in total. The molecule has 0 aromatic heterocycles. The average molecular weight is 509 g/mol. The molecule has 1 amide bonds. The van der Waals surface area contributed by atoms with E-state index in [0.29, 0.717) is 24.6 Å². The summed E-state index contributed by atoms with van der Waals surface area (Å²) in [6, 6.07) is 9.72. The molecular formula is C24H36N4O6S. The summed E-state index contributed by atoms with van der Waals surface area (Å²) >= 11 is 0. The van der Waals surface area contributed by atoms with Crippen LogP contribution in [0.5, 0.6) is 0 Å². The Morgan fingerprint density at radius 2 is 1.69 bits per heavy atom. The topological polar surface area (TPSA) is 151 Å². The zero-order valence-electron chi connectivity index (χ0n) is 20.1. The number of unbranched alkanes of at least 4 members (excludes halogenated alkanes) is 2. The number of fused-ring (bicyclic) bond motifs is 1. The average Bonchev–Trinajstić information content (AvgIpc) is 3.11. The van der Waals surface area contributed by atoms with Crippen molar-refractivity contribution in [2.75, 3.05) is 38.7 Å². The predicted octanol–water partition coefficient (Wildman–Crippen LogP) is -0.0848. The highest BCUT2D eigenvalue weighted by Gasteiger charge is 2.40. The molecule has 1 saturated heterocycles. The van der Waals surface area contributed by atoms with Crippen molar-refractivity contribution in [1.82, 2.24) is 15.4 Å². The molecule has 1 aliphatic heterocycles. The molecule has 1 heterocycles. The van der Waals surface area contributed by atoms with Gasteiger partial charge in [0.05, 0.1) is 35.8 Å². The Kier molecular flexibility index (Phi) is 9.45. The number of hydrogen-bond donors (Lipinski definition) is 6. The van der Waals surface area contributed by atoms with Crippen LogP contribution in [0.25, 0.3) is 10.8 Å². The summed E-state index contributed by atoms with van der Waals surface area (Å²) in [6.45, 7) is 0.115. The smallest absolute Gasteiger partial charge is 0.241 e. The molecule has 1 aliphatic rings. The van der Waals surface area contributed by atoms with E-state index in [4.69, 9.17) is 5.11 Å². The van der Waals surface area contributed by atoms with Crippen molar-refractivity contribution in [3.63, 3.8) is 0 Å². The van der Waals surface area contributed by atoms with Crippen LogP contribution in [-0.4, -0.2) is 87.7 Å². The minimum Gasteiger partial charge on any atom is -0.395 e. The van der Waals surface area contributed by atoms with Gasteiger partial charge in [-0.05, 0) is 25.0 Å². The number of nitrogens with one attached hydrogen (secondary N) is 3. The molecule has 0 aliphatic carbocycles. The molecule has 2 aromatic carbocycles. The number of carbonyl (C=O) groups excluding carboxylic acids is 1. The van der Waals surface area contributed by atoms with Gasteiger partial charge in [0.2, 0.25) is 15.9 Å². The van der Waals surface area contributed by atoms with Gasteiger partial charge in [-0.1, -0.05) is 30.7 Å². The van der Waals surface area contributed by atoms with E-state index < -0.39 is 34.3 Å². The fourth-order valence-electron chi connectivity index (χ4n) is 4.36. The SMILES string of the molecule is CN(C)c1cccc2c(S(=O)(=O)NCCCCCC(=O)NC[C@H]3N[C@H](CO)[C@H](O)[C@@H]3O)cccc12. The molecule has 0 radical (unpaired) electrons. The van der Waals surface area contributed by atoms with Gasteiger partial charge >= 0.3 is 0 Å². The second kappa shape index (κ2) is 12.1. The van der Waals surface area contributed by atoms with Crippen molar-refractivity contribution in [2.24, 2.45) is 0 Å². The van der Waals surface area contributed by atoms with Crippen LogP contribution in [0.4, 0.5) is 5.69 Å². The van der Waals surface area contributed by atoms with E-state index in [1.807, 2.05) is 37.2 Å². The first-order valence-corrected chi connectivity index (χ1v) is 13.3. The number of aliphatic hydroxyl groups excluding tert-OH is 3. The molecule has 194 valence electrons. The molecule has 4 atom stereocenters. The third-order valence-corrected chi connectivity index (χ3v) is 7.84. The molecule has 6 N–H and O–H groups in total. The quantitative estimate of drug-likeness (QED) is 0.218. The number of benzene rings is 2. The maximum atomic E-state index is 12.9. The van der Waals surface area contributed by atoms with Crippen LogP contribution in [0.15, 0.2) is 41.3 Å². The second-order valence-electron chi connectivity index (χ2n) is 9.08. The highest BCUT2D eigenvalue weighted by atomic mass is 32.2. The number of carbonyl (C=O) groups is 1. The summed E-state index contributed by atoms with van der Waals surface area (Å²) in [5.74, 6) is -0.186. The lowest BCUT2D eigenvalue weighted by atomic mass is 10.1. The lowest BCUT2D eigenvalue weighted by molar-refractivity contribution is -0.121. The molecule has 3 rings (SSSR count). The van der Waals surface area contributed by atoms with E-state index in [0.717, 1.165) is 11.1 Å². The Hall–Kier alpha value is -2.28. The van der Waals surface area contributed by atoms with Gasteiger partial charge in [0.1, 0.15) is 0 Å². The lowest BCUT2D eigenvalue weighted by Gasteiger charge is -2.17. The van der Waals surface area contributed by atoms with Crippen LogP contribution in [0, 0.1) is 0 Å². The Morgan fingerprint density at radius 3 is 2.37 bits per heavy atom. The first-order chi connectivity index (χ1) is 16.7. The summed E-state index contributed by atoms with van der Waals surface area (Å²) in [6.07, 6.45) is -0.0000538. The minimum atomic E-state index is -3.68. The number of sulfonamides is 1.